The number of hydrogen-bond donors (Lipinski definition) is 0. The van der Waals surface area contributed by atoms with Crippen molar-refractivity contribution in [3.05, 3.63) is 35.4 Å². The smallest absolute Gasteiger partial charge is 0.344 e. The summed E-state index contributed by atoms with van der Waals surface area (Å²) in [6.07, 6.45) is 10.2. The monoisotopic (exact) mass is 485 g/mol. The van der Waals surface area contributed by atoms with Crippen molar-refractivity contribution in [2.45, 2.75) is 90.3 Å². The molecule has 0 heterocycles. The number of nitrogens with zero attached hydrogens (tertiary/aromatic N) is 1. The van der Waals surface area contributed by atoms with E-state index in [0.717, 1.165) is 25.8 Å². The summed E-state index contributed by atoms with van der Waals surface area (Å²) in [6.45, 7) is 12.2. The number of benzene rings is 1. The number of likely N-dealkylation sites (N-methyl/N-ethyl adjacent to an activating group) is 1. The van der Waals surface area contributed by atoms with Crippen LogP contribution in [0.25, 0.3) is 6.08 Å². The second-order valence-electron chi connectivity index (χ2n) is 12.1. The van der Waals surface area contributed by atoms with Crippen LogP contribution in [0, 0.1) is 5.92 Å². The van der Waals surface area contributed by atoms with Crippen LogP contribution in [-0.4, -0.2) is 54.8 Å². The van der Waals surface area contributed by atoms with E-state index >= 15 is 0 Å². The van der Waals surface area contributed by atoms with Crippen LogP contribution in [0.3, 0.4) is 0 Å². The van der Waals surface area contributed by atoms with Gasteiger partial charge in [0.25, 0.3) is 0 Å². The van der Waals surface area contributed by atoms with Crippen molar-refractivity contribution in [3.63, 3.8) is 0 Å². The fourth-order valence-electron chi connectivity index (χ4n) is 5.32. The Hall–Kier alpha value is -2.34. The number of carbonyl (C=O) groups is 2. The highest BCUT2D eigenvalue weighted by Crippen LogP contribution is 2.51. The molecule has 0 N–H and O–H groups in total. The summed E-state index contributed by atoms with van der Waals surface area (Å²) < 4.78 is 16.8. The molecule has 1 fully saturated rings. The third-order valence-corrected chi connectivity index (χ3v) is 6.70. The molecule has 2 aliphatic rings. The van der Waals surface area contributed by atoms with Crippen LogP contribution in [0.5, 0.6) is 5.75 Å². The third-order valence-electron chi connectivity index (χ3n) is 6.70. The molecule has 1 aromatic carbocycles. The van der Waals surface area contributed by atoms with E-state index in [1.54, 1.807) is 0 Å². The van der Waals surface area contributed by atoms with Gasteiger partial charge in [-0.3, -0.25) is 9.69 Å². The van der Waals surface area contributed by atoms with Crippen LogP contribution in [0.4, 0.5) is 0 Å². The Balaban J connectivity index is 1.75. The van der Waals surface area contributed by atoms with Gasteiger partial charge in [0.1, 0.15) is 17.0 Å². The highest BCUT2D eigenvalue weighted by Gasteiger charge is 2.43. The fourth-order valence-corrected chi connectivity index (χ4v) is 5.32. The topological polar surface area (TPSA) is 65.1 Å². The summed E-state index contributed by atoms with van der Waals surface area (Å²) in [6, 6.07) is 6.14. The van der Waals surface area contributed by atoms with E-state index in [2.05, 4.69) is 29.2 Å². The normalized spacial score (nSPS) is 21.8. The van der Waals surface area contributed by atoms with Crippen LogP contribution in [0.2, 0.25) is 0 Å². The average molecular weight is 486 g/mol. The van der Waals surface area contributed by atoms with Crippen molar-refractivity contribution in [3.8, 4) is 5.75 Å². The van der Waals surface area contributed by atoms with Gasteiger partial charge in [0, 0.05) is 5.41 Å². The molecule has 0 bridgehead atoms. The molecule has 0 saturated heterocycles. The lowest BCUT2D eigenvalue weighted by Crippen LogP contribution is -2.43. The first-order valence-corrected chi connectivity index (χ1v) is 12.9. The number of carbonyl (C=O) groups excluding carboxylic acids is 2. The Morgan fingerprint density at radius 1 is 1.03 bits per heavy atom. The largest absolute Gasteiger partial charge is 0.482 e. The van der Waals surface area contributed by atoms with E-state index in [1.165, 1.54) is 24.0 Å². The third kappa shape index (κ3) is 7.57. The summed E-state index contributed by atoms with van der Waals surface area (Å²) in [5.74, 6) is 0.583. The maximum absolute atomic E-state index is 12.3. The molecule has 0 amide bonds. The average Bonchev–Trinajstić information content (AvgIpc) is 2.73. The maximum Gasteiger partial charge on any atom is 0.344 e. The zero-order chi connectivity index (χ0) is 25.9. The molecule has 35 heavy (non-hydrogen) atoms. The highest BCUT2D eigenvalue weighted by atomic mass is 16.6. The first-order chi connectivity index (χ1) is 16.3. The van der Waals surface area contributed by atoms with Crippen molar-refractivity contribution in [1.29, 1.82) is 0 Å². The SMILES string of the molecule is CN(CC[C@@]12CCCC[C@@H]1C=Cc1ccc(OCC(=O)OC(C)(C)C)cc12)CC(=O)OC(C)(C)C. The van der Waals surface area contributed by atoms with Crippen LogP contribution in [0.15, 0.2) is 24.3 Å². The van der Waals surface area contributed by atoms with Crippen molar-refractivity contribution < 1.29 is 23.8 Å². The van der Waals surface area contributed by atoms with Gasteiger partial charge in [-0.05, 0) is 104 Å². The molecule has 2 atom stereocenters. The minimum Gasteiger partial charge on any atom is -0.482 e. The van der Waals surface area contributed by atoms with Crippen molar-refractivity contribution in [2.75, 3.05) is 26.7 Å². The molecular weight excluding hydrogens is 442 g/mol. The zero-order valence-electron chi connectivity index (χ0n) is 22.6. The van der Waals surface area contributed by atoms with Crippen LogP contribution in [-0.2, 0) is 24.5 Å². The van der Waals surface area contributed by atoms with E-state index in [4.69, 9.17) is 14.2 Å². The van der Waals surface area contributed by atoms with Gasteiger partial charge in [-0.15, -0.1) is 0 Å². The molecule has 2 aliphatic carbocycles. The van der Waals surface area contributed by atoms with Crippen molar-refractivity contribution >= 4 is 18.0 Å². The minimum atomic E-state index is -0.536. The number of hydrogen-bond acceptors (Lipinski definition) is 6. The van der Waals surface area contributed by atoms with Gasteiger partial charge in [-0.25, -0.2) is 4.79 Å². The zero-order valence-corrected chi connectivity index (χ0v) is 22.6. The second kappa shape index (κ2) is 10.7. The standard InChI is InChI=1S/C29H43NO5/c1-27(2,3)34-25(31)19-30(7)17-16-29-15-9-8-10-22(29)13-11-21-12-14-23(18-24(21)29)33-20-26(32)35-28(4,5)6/h11-14,18,22H,8-10,15-17,19-20H2,1-7H3/t22-,29+/m1/s1. The molecule has 3 rings (SSSR count). The lowest BCUT2D eigenvalue weighted by atomic mass is 9.58. The summed E-state index contributed by atoms with van der Waals surface area (Å²) in [5.41, 5.74) is 1.48. The highest BCUT2D eigenvalue weighted by molar-refractivity contribution is 5.72. The Bertz CT molecular complexity index is 939. The van der Waals surface area contributed by atoms with Crippen LogP contribution >= 0.6 is 0 Å². The van der Waals surface area contributed by atoms with Crippen molar-refractivity contribution in [2.24, 2.45) is 5.92 Å². The number of allylic oxidation sites excluding steroid dienone is 1. The summed E-state index contributed by atoms with van der Waals surface area (Å²) in [7, 11) is 1.98. The van der Waals surface area contributed by atoms with E-state index in [-0.39, 0.29) is 30.5 Å². The summed E-state index contributed by atoms with van der Waals surface area (Å²) in [5, 5.41) is 0. The molecule has 1 saturated carbocycles. The Morgan fingerprint density at radius 2 is 1.71 bits per heavy atom. The maximum atomic E-state index is 12.3. The fraction of sp³-hybridized carbons (Fsp3) is 0.655. The molecule has 1 aromatic rings. The number of fused-ring (bicyclic) bond motifs is 3. The lowest BCUT2D eigenvalue weighted by Gasteiger charge is -2.47. The molecule has 0 radical (unpaired) electrons. The van der Waals surface area contributed by atoms with Crippen molar-refractivity contribution in [1.82, 2.24) is 4.90 Å². The molecular formula is C29H43NO5. The quantitative estimate of drug-likeness (QED) is 0.452. The van der Waals surface area contributed by atoms with Crippen LogP contribution in [0.1, 0.15) is 84.8 Å². The van der Waals surface area contributed by atoms with Gasteiger partial charge in [0.2, 0.25) is 0 Å². The van der Waals surface area contributed by atoms with Gasteiger partial charge in [0.15, 0.2) is 6.61 Å². The van der Waals surface area contributed by atoms with E-state index in [0.29, 0.717) is 11.7 Å². The first kappa shape index (κ1) is 27.3. The van der Waals surface area contributed by atoms with E-state index in [9.17, 15) is 9.59 Å². The Kier molecular flexibility index (Phi) is 8.36. The predicted octanol–water partition coefficient (Wildman–Crippen LogP) is 5.53. The van der Waals surface area contributed by atoms with Gasteiger partial charge in [-0.2, -0.15) is 0 Å². The summed E-state index contributed by atoms with van der Waals surface area (Å²) in [4.78, 5) is 26.6. The van der Waals surface area contributed by atoms with E-state index in [1.807, 2.05) is 54.7 Å². The first-order valence-electron chi connectivity index (χ1n) is 12.9. The molecule has 0 aromatic heterocycles. The number of ether oxygens (including phenoxy) is 3. The minimum absolute atomic E-state index is 0.00415. The lowest BCUT2D eigenvalue weighted by molar-refractivity contribution is -0.157. The summed E-state index contributed by atoms with van der Waals surface area (Å²) >= 11 is 0. The molecule has 0 spiro atoms. The van der Waals surface area contributed by atoms with Crippen LogP contribution < -0.4 is 4.74 Å². The number of rotatable bonds is 8. The molecule has 6 heteroatoms. The number of esters is 2. The van der Waals surface area contributed by atoms with Gasteiger partial charge < -0.3 is 14.2 Å². The Labute approximate surface area is 211 Å². The van der Waals surface area contributed by atoms with Gasteiger partial charge in [-0.1, -0.05) is 31.1 Å². The van der Waals surface area contributed by atoms with E-state index < -0.39 is 11.2 Å². The molecule has 0 aliphatic heterocycles. The Morgan fingerprint density at radius 3 is 2.40 bits per heavy atom. The predicted molar refractivity (Wildman–Crippen MR) is 138 cm³/mol. The molecule has 6 nitrogen and oxygen atoms in total. The van der Waals surface area contributed by atoms with Gasteiger partial charge >= 0.3 is 11.9 Å². The van der Waals surface area contributed by atoms with Gasteiger partial charge in [0.05, 0.1) is 6.54 Å². The second-order valence-corrected chi connectivity index (χ2v) is 12.1. The molecule has 0 unspecified atom stereocenters. The molecule has 194 valence electrons.